The van der Waals surface area contributed by atoms with Gasteiger partial charge in [-0.1, -0.05) is 25.7 Å². The van der Waals surface area contributed by atoms with Crippen LogP contribution < -0.4 is 0 Å². The molecule has 0 rings (SSSR count). The van der Waals surface area contributed by atoms with Gasteiger partial charge in [0.25, 0.3) is 0 Å². The van der Waals surface area contributed by atoms with Crippen LogP contribution in [0.25, 0.3) is 0 Å². The van der Waals surface area contributed by atoms with Crippen LogP contribution in [0.5, 0.6) is 0 Å². The first kappa shape index (κ1) is 13.8. The third-order valence-electron chi connectivity index (χ3n) is 2.21. The first-order valence-corrected chi connectivity index (χ1v) is 9.27. The zero-order valence-electron chi connectivity index (χ0n) is 9.64. The average Bonchev–Trinajstić information content (AvgIpc) is 2.01. The molecular weight excluding hydrogens is 195 g/mol. The van der Waals surface area contributed by atoms with Gasteiger partial charge in [-0.2, -0.15) is 0 Å². The summed E-state index contributed by atoms with van der Waals surface area (Å²) in [5, 5.41) is 0. The fourth-order valence-corrected chi connectivity index (χ4v) is 2.75. The van der Waals surface area contributed by atoms with Gasteiger partial charge in [0.1, 0.15) is 0 Å². The molecule has 0 aromatic carbocycles. The van der Waals surface area contributed by atoms with E-state index in [4.69, 9.17) is 0 Å². The van der Waals surface area contributed by atoms with E-state index in [9.17, 15) is 0 Å². The molecule has 0 aromatic rings. The van der Waals surface area contributed by atoms with E-state index in [1.807, 2.05) is 0 Å². The minimum absolute atomic E-state index is 0.225. The van der Waals surface area contributed by atoms with E-state index >= 15 is 0 Å². The predicted octanol–water partition coefficient (Wildman–Crippen LogP) is 3.90. The molecule has 0 radical (unpaired) electrons. The smallest absolute Gasteiger partial charge is 0.0235 e. The van der Waals surface area contributed by atoms with Crippen molar-refractivity contribution in [2.45, 2.75) is 38.5 Å². The Morgan fingerprint density at radius 3 is 1.69 bits per heavy atom. The Morgan fingerprint density at radius 2 is 1.23 bits per heavy atom. The maximum Gasteiger partial charge on any atom is -0.0235 e. The van der Waals surface area contributed by atoms with Gasteiger partial charge in [-0.15, -0.1) is 9.24 Å². The lowest BCUT2D eigenvalue weighted by Crippen LogP contribution is -1.98. The molecule has 0 N–H and O–H groups in total. The number of hydrogen-bond donors (Lipinski definition) is 0. The van der Waals surface area contributed by atoms with Crippen molar-refractivity contribution in [3.05, 3.63) is 0 Å². The van der Waals surface area contributed by atoms with Crippen LogP contribution in [0.4, 0.5) is 0 Å². The normalized spacial score (nSPS) is 13.2. The highest BCUT2D eigenvalue weighted by Gasteiger charge is 2.02. The average molecular weight is 222 g/mol. The number of unbranched alkanes of at least 4 members (excludes halogenated alkanes) is 5. The lowest BCUT2D eigenvalue weighted by molar-refractivity contribution is 0.628. The Bertz CT molecular complexity index is 107. The largest absolute Gasteiger partial charge is 0.250 e. The summed E-state index contributed by atoms with van der Waals surface area (Å²) < 4.78 is 0. The Balaban J connectivity index is 3.00. The minimum atomic E-state index is -0.225. The molecule has 1 unspecified atom stereocenters. The Morgan fingerprint density at radius 1 is 0.769 bits per heavy atom. The van der Waals surface area contributed by atoms with Crippen molar-refractivity contribution in [1.82, 2.24) is 0 Å². The zero-order chi connectivity index (χ0) is 10.2. The lowest BCUT2D eigenvalue weighted by Gasteiger charge is -2.24. The van der Waals surface area contributed by atoms with Crippen LogP contribution in [-0.2, 0) is 0 Å². The van der Waals surface area contributed by atoms with Gasteiger partial charge in [-0.25, -0.2) is 10.0 Å². The van der Waals surface area contributed by atoms with Crippen molar-refractivity contribution < 1.29 is 0 Å². The standard InChI is InChI=1S/C11H27PS/c1-13(2,3)11-9-7-5-4-6-8-10-12/h4-12H2,1-3H3. The highest BCUT2D eigenvalue weighted by Crippen LogP contribution is 2.35. The molecule has 1 atom stereocenters. The molecule has 0 amide bonds. The third kappa shape index (κ3) is 12.8. The van der Waals surface area contributed by atoms with E-state index in [0.29, 0.717) is 0 Å². The first-order chi connectivity index (χ1) is 6.06. The zero-order valence-corrected chi connectivity index (χ0v) is 11.6. The van der Waals surface area contributed by atoms with Crippen molar-refractivity contribution in [2.24, 2.45) is 0 Å². The van der Waals surface area contributed by atoms with Crippen molar-refractivity contribution >= 4 is 19.3 Å². The molecule has 0 spiro atoms. The molecule has 13 heavy (non-hydrogen) atoms. The maximum atomic E-state index is 2.81. The highest BCUT2D eigenvalue weighted by atomic mass is 32.3. The van der Waals surface area contributed by atoms with Crippen LogP contribution in [-0.4, -0.2) is 30.7 Å². The van der Waals surface area contributed by atoms with Gasteiger partial charge in [-0.3, -0.25) is 0 Å². The summed E-state index contributed by atoms with van der Waals surface area (Å²) in [4.78, 5) is 0. The topological polar surface area (TPSA) is 0 Å². The summed E-state index contributed by atoms with van der Waals surface area (Å²) in [7, 11) is 2.58. The van der Waals surface area contributed by atoms with Crippen molar-refractivity contribution in [3.63, 3.8) is 0 Å². The molecule has 0 heterocycles. The first-order valence-electron chi connectivity index (χ1n) is 5.42. The van der Waals surface area contributed by atoms with Gasteiger partial charge in [0.15, 0.2) is 0 Å². The van der Waals surface area contributed by atoms with E-state index in [1.165, 1.54) is 50.4 Å². The molecule has 0 nitrogen and oxygen atoms in total. The Labute approximate surface area is 88.8 Å². The second-order valence-electron chi connectivity index (χ2n) is 4.70. The van der Waals surface area contributed by atoms with Gasteiger partial charge in [0.2, 0.25) is 0 Å². The van der Waals surface area contributed by atoms with Crippen molar-refractivity contribution in [1.29, 1.82) is 0 Å². The fourth-order valence-electron chi connectivity index (χ4n) is 1.39. The summed E-state index contributed by atoms with van der Waals surface area (Å²) in [6.45, 7) is 0. The molecule has 0 aliphatic carbocycles. The van der Waals surface area contributed by atoms with E-state index in [2.05, 4.69) is 28.0 Å². The van der Waals surface area contributed by atoms with Crippen LogP contribution in [0, 0.1) is 0 Å². The summed E-state index contributed by atoms with van der Waals surface area (Å²) in [6, 6.07) is 0. The monoisotopic (exact) mass is 222 g/mol. The summed E-state index contributed by atoms with van der Waals surface area (Å²) in [5.74, 6) is 1.47. The number of rotatable bonds is 8. The Kier molecular flexibility index (Phi) is 8.61. The molecule has 0 fully saturated rings. The third-order valence-corrected chi connectivity index (χ3v) is 4.13. The SMILES string of the molecule is CS(C)(C)CCCCCCCCP. The molecule has 0 bridgehead atoms. The summed E-state index contributed by atoms with van der Waals surface area (Å²) in [6.07, 6.45) is 17.2. The molecule has 82 valence electrons. The summed E-state index contributed by atoms with van der Waals surface area (Å²) in [5.41, 5.74) is 0. The fraction of sp³-hybridized carbons (Fsp3) is 1.00. The van der Waals surface area contributed by atoms with Gasteiger partial charge < -0.3 is 0 Å². The molecule has 0 aliphatic rings. The summed E-state index contributed by atoms with van der Waals surface area (Å²) >= 11 is 0. The second-order valence-corrected chi connectivity index (χ2v) is 9.87. The minimum Gasteiger partial charge on any atom is -0.250 e. The number of hydrogen-bond acceptors (Lipinski definition) is 0. The lowest BCUT2D eigenvalue weighted by atomic mass is 10.1. The second kappa shape index (κ2) is 8.12. The predicted molar refractivity (Wildman–Crippen MR) is 72.5 cm³/mol. The molecule has 0 aliphatic heterocycles. The van der Waals surface area contributed by atoms with E-state index < -0.39 is 0 Å². The van der Waals surface area contributed by atoms with Gasteiger partial charge in [0.05, 0.1) is 0 Å². The van der Waals surface area contributed by atoms with E-state index in [-0.39, 0.29) is 10.0 Å². The molecule has 0 saturated heterocycles. The van der Waals surface area contributed by atoms with E-state index in [0.717, 1.165) is 0 Å². The Hall–Kier alpha value is 0.780. The van der Waals surface area contributed by atoms with Crippen molar-refractivity contribution in [2.75, 3.05) is 30.7 Å². The van der Waals surface area contributed by atoms with Crippen molar-refractivity contribution in [3.8, 4) is 0 Å². The van der Waals surface area contributed by atoms with E-state index in [1.54, 1.807) is 0 Å². The molecule has 0 saturated carbocycles. The van der Waals surface area contributed by atoms with Crippen LogP contribution in [0.1, 0.15) is 38.5 Å². The quantitative estimate of drug-likeness (QED) is 0.431. The van der Waals surface area contributed by atoms with Crippen LogP contribution in [0.3, 0.4) is 0 Å². The van der Waals surface area contributed by atoms with Gasteiger partial charge in [-0.05, 0) is 43.5 Å². The molecule has 2 heteroatoms. The van der Waals surface area contributed by atoms with Gasteiger partial charge >= 0.3 is 0 Å². The van der Waals surface area contributed by atoms with Crippen LogP contribution in [0.2, 0.25) is 0 Å². The highest BCUT2D eigenvalue weighted by molar-refractivity contribution is 8.32. The van der Waals surface area contributed by atoms with Crippen LogP contribution in [0.15, 0.2) is 0 Å². The van der Waals surface area contributed by atoms with Gasteiger partial charge in [0, 0.05) is 0 Å². The molecule has 0 aromatic heterocycles. The van der Waals surface area contributed by atoms with Crippen LogP contribution >= 0.6 is 19.3 Å². The molecular formula is C11H27PS. The maximum absolute atomic E-state index is 2.81.